The Morgan fingerprint density at radius 3 is 2.80 bits per heavy atom. The van der Waals surface area contributed by atoms with Crippen LogP contribution in [-0.2, 0) is 6.42 Å². The number of carbonyl (C=O) groups excluding carboxylic acids is 1. The van der Waals surface area contributed by atoms with Crippen molar-refractivity contribution in [3.8, 4) is 5.75 Å². The van der Waals surface area contributed by atoms with Crippen molar-refractivity contribution in [2.45, 2.75) is 6.42 Å². The molecule has 2 aromatic heterocycles. The number of hydrogen-bond donors (Lipinski definition) is 2. The largest absolute Gasteiger partial charge is 0.496 e. The van der Waals surface area contributed by atoms with Gasteiger partial charge in [0.25, 0.3) is 5.91 Å². The van der Waals surface area contributed by atoms with Gasteiger partial charge in [0, 0.05) is 29.8 Å². The first-order valence-electron chi connectivity index (χ1n) is 5.68. The number of methoxy groups -OCH3 is 1. The fraction of sp³-hybridized carbons (Fsp3) is 0.250. The van der Waals surface area contributed by atoms with Crippen LogP contribution < -0.4 is 10.1 Å². The highest BCUT2D eigenvalue weighted by Crippen LogP contribution is 2.20. The van der Waals surface area contributed by atoms with Crippen LogP contribution in [0.3, 0.4) is 0 Å². The summed E-state index contributed by atoms with van der Waals surface area (Å²) < 4.78 is 5.01. The number of amides is 1. The summed E-state index contributed by atoms with van der Waals surface area (Å²) in [6, 6.07) is 1.67. The van der Waals surface area contributed by atoms with E-state index >= 15 is 0 Å². The molecule has 0 bridgehead atoms. The summed E-state index contributed by atoms with van der Waals surface area (Å²) in [5.41, 5.74) is 0.0410. The SMILES string of the molecule is COc1csc(C(=O)NCCc2nc(C(=O)O)cs2)c1. The number of nitrogens with zero attached hydrogens (tertiary/aromatic N) is 1. The van der Waals surface area contributed by atoms with Crippen molar-refractivity contribution in [1.82, 2.24) is 10.3 Å². The van der Waals surface area contributed by atoms with Gasteiger partial charge in [-0.15, -0.1) is 22.7 Å². The molecule has 0 atom stereocenters. The van der Waals surface area contributed by atoms with E-state index in [1.807, 2.05) is 0 Å². The first-order valence-corrected chi connectivity index (χ1v) is 7.44. The fourth-order valence-corrected chi connectivity index (χ4v) is 2.98. The normalized spacial score (nSPS) is 10.2. The van der Waals surface area contributed by atoms with Crippen molar-refractivity contribution in [1.29, 1.82) is 0 Å². The van der Waals surface area contributed by atoms with Crippen LogP contribution in [0.25, 0.3) is 0 Å². The van der Waals surface area contributed by atoms with Gasteiger partial charge in [0.2, 0.25) is 0 Å². The lowest BCUT2D eigenvalue weighted by Crippen LogP contribution is -2.24. The van der Waals surface area contributed by atoms with Gasteiger partial charge in [0.15, 0.2) is 5.69 Å². The van der Waals surface area contributed by atoms with Gasteiger partial charge in [0.05, 0.1) is 17.0 Å². The number of aromatic carboxylic acids is 1. The molecular weight excluding hydrogens is 300 g/mol. The Hall–Kier alpha value is -1.93. The zero-order valence-corrected chi connectivity index (χ0v) is 12.2. The minimum atomic E-state index is -1.04. The minimum Gasteiger partial charge on any atom is -0.496 e. The summed E-state index contributed by atoms with van der Waals surface area (Å²) in [4.78, 5) is 27.0. The molecule has 0 aliphatic carbocycles. The van der Waals surface area contributed by atoms with Crippen LogP contribution in [0, 0.1) is 0 Å². The molecule has 2 rings (SSSR count). The maximum absolute atomic E-state index is 11.8. The summed E-state index contributed by atoms with van der Waals surface area (Å²) >= 11 is 2.58. The van der Waals surface area contributed by atoms with Crippen LogP contribution in [-0.4, -0.2) is 35.6 Å². The number of carboxylic acid groups (broad SMARTS) is 1. The molecule has 0 fully saturated rings. The molecule has 0 saturated carbocycles. The van der Waals surface area contributed by atoms with Gasteiger partial charge in [-0.25, -0.2) is 9.78 Å². The van der Waals surface area contributed by atoms with Crippen LogP contribution >= 0.6 is 22.7 Å². The number of hydrogen-bond acceptors (Lipinski definition) is 6. The van der Waals surface area contributed by atoms with Crippen molar-refractivity contribution < 1.29 is 19.4 Å². The maximum Gasteiger partial charge on any atom is 0.355 e. The standard InChI is InChI=1S/C12H12N2O4S2/c1-18-7-4-9(19-5-7)11(15)13-3-2-10-14-8(6-20-10)12(16)17/h4-6H,2-3H2,1H3,(H,13,15)(H,16,17). The highest BCUT2D eigenvalue weighted by Gasteiger charge is 2.11. The van der Waals surface area contributed by atoms with Crippen molar-refractivity contribution >= 4 is 34.6 Å². The van der Waals surface area contributed by atoms with Gasteiger partial charge in [-0.2, -0.15) is 0 Å². The van der Waals surface area contributed by atoms with Crippen LogP contribution in [0.1, 0.15) is 25.2 Å². The molecule has 0 aliphatic rings. The first kappa shape index (κ1) is 14.5. The summed E-state index contributed by atoms with van der Waals surface area (Å²) in [6.45, 7) is 0.408. The van der Waals surface area contributed by atoms with E-state index in [9.17, 15) is 9.59 Å². The average Bonchev–Trinajstić information content (AvgIpc) is 3.07. The molecule has 0 aliphatic heterocycles. The Bertz CT molecular complexity index is 621. The van der Waals surface area contributed by atoms with Crippen LogP contribution in [0.5, 0.6) is 5.75 Å². The lowest BCUT2D eigenvalue weighted by molar-refractivity contribution is 0.0690. The number of carbonyl (C=O) groups is 2. The summed E-state index contributed by atoms with van der Waals surface area (Å²) in [7, 11) is 1.55. The first-order chi connectivity index (χ1) is 9.60. The van der Waals surface area contributed by atoms with E-state index in [1.54, 1.807) is 18.6 Å². The van der Waals surface area contributed by atoms with Crippen molar-refractivity contribution in [2.75, 3.05) is 13.7 Å². The van der Waals surface area contributed by atoms with E-state index in [2.05, 4.69) is 10.3 Å². The third-order valence-electron chi connectivity index (χ3n) is 2.43. The van der Waals surface area contributed by atoms with E-state index in [4.69, 9.17) is 9.84 Å². The fourth-order valence-electron chi connectivity index (χ4n) is 1.44. The Balaban J connectivity index is 1.82. The third kappa shape index (κ3) is 3.55. The molecule has 1 amide bonds. The van der Waals surface area contributed by atoms with Gasteiger partial charge in [0.1, 0.15) is 5.75 Å². The van der Waals surface area contributed by atoms with Crippen LogP contribution in [0.4, 0.5) is 0 Å². The summed E-state index contributed by atoms with van der Waals surface area (Å²) in [5, 5.41) is 15.4. The zero-order chi connectivity index (χ0) is 14.5. The summed E-state index contributed by atoms with van der Waals surface area (Å²) in [5.74, 6) is -0.554. The third-order valence-corrected chi connectivity index (χ3v) is 4.25. The predicted octanol–water partition coefficient (Wildman–Crippen LogP) is 1.88. The van der Waals surface area contributed by atoms with E-state index < -0.39 is 5.97 Å². The smallest absolute Gasteiger partial charge is 0.355 e. The second-order valence-electron chi connectivity index (χ2n) is 3.79. The van der Waals surface area contributed by atoms with E-state index in [0.717, 1.165) is 0 Å². The van der Waals surface area contributed by atoms with E-state index in [-0.39, 0.29) is 11.6 Å². The quantitative estimate of drug-likeness (QED) is 0.850. The second-order valence-corrected chi connectivity index (χ2v) is 5.64. The zero-order valence-electron chi connectivity index (χ0n) is 10.6. The number of carboxylic acids is 1. The summed E-state index contributed by atoms with van der Waals surface area (Å²) in [6.07, 6.45) is 0.506. The number of rotatable bonds is 6. The number of nitrogens with one attached hydrogen (secondary N) is 1. The molecule has 20 heavy (non-hydrogen) atoms. The molecule has 0 aromatic carbocycles. The molecule has 0 spiro atoms. The number of thiazole rings is 1. The Morgan fingerprint density at radius 2 is 2.20 bits per heavy atom. The molecule has 2 N–H and O–H groups in total. The predicted molar refractivity (Wildman–Crippen MR) is 76.0 cm³/mol. The highest BCUT2D eigenvalue weighted by atomic mass is 32.1. The van der Waals surface area contributed by atoms with Gasteiger partial charge >= 0.3 is 5.97 Å². The number of aromatic nitrogens is 1. The highest BCUT2D eigenvalue weighted by molar-refractivity contribution is 7.12. The Morgan fingerprint density at radius 1 is 1.40 bits per heavy atom. The van der Waals surface area contributed by atoms with Gasteiger partial charge in [-0.05, 0) is 0 Å². The minimum absolute atomic E-state index is 0.0410. The van der Waals surface area contributed by atoms with Gasteiger partial charge in [-0.3, -0.25) is 4.79 Å². The van der Waals surface area contributed by atoms with Crippen molar-refractivity contribution in [2.24, 2.45) is 0 Å². The van der Waals surface area contributed by atoms with Crippen LogP contribution in [0.15, 0.2) is 16.8 Å². The lowest BCUT2D eigenvalue weighted by atomic mass is 10.4. The molecule has 2 heterocycles. The molecule has 6 nitrogen and oxygen atoms in total. The average molecular weight is 312 g/mol. The molecular formula is C12H12N2O4S2. The van der Waals surface area contributed by atoms with E-state index in [0.29, 0.717) is 28.6 Å². The molecule has 0 unspecified atom stereocenters. The Kier molecular flexibility index (Phi) is 4.70. The maximum atomic E-state index is 11.8. The Labute approximate surface area is 123 Å². The van der Waals surface area contributed by atoms with Crippen LogP contribution in [0.2, 0.25) is 0 Å². The second kappa shape index (κ2) is 6.49. The molecule has 8 heteroatoms. The van der Waals surface area contributed by atoms with Crippen molar-refractivity contribution in [3.63, 3.8) is 0 Å². The van der Waals surface area contributed by atoms with Gasteiger partial charge < -0.3 is 15.2 Å². The molecule has 0 saturated heterocycles. The number of ether oxygens (including phenoxy) is 1. The number of thiophene rings is 1. The molecule has 0 radical (unpaired) electrons. The van der Waals surface area contributed by atoms with E-state index in [1.165, 1.54) is 28.1 Å². The lowest BCUT2D eigenvalue weighted by Gasteiger charge is -2.01. The topological polar surface area (TPSA) is 88.5 Å². The monoisotopic (exact) mass is 312 g/mol. The molecule has 106 valence electrons. The molecule has 2 aromatic rings. The van der Waals surface area contributed by atoms with Crippen molar-refractivity contribution in [3.05, 3.63) is 32.4 Å². The van der Waals surface area contributed by atoms with Gasteiger partial charge in [-0.1, -0.05) is 0 Å².